The highest BCUT2D eigenvalue weighted by Gasteiger charge is 2.50. The second kappa shape index (κ2) is 5.67. The number of hydrogen-bond acceptors (Lipinski definition) is 5. The van der Waals surface area contributed by atoms with E-state index >= 15 is 0 Å². The zero-order valence-electron chi connectivity index (χ0n) is 11.5. The highest BCUT2D eigenvalue weighted by Crippen LogP contribution is 2.35. The Kier molecular flexibility index (Phi) is 4.91. The number of ether oxygens (including phenoxy) is 3. The summed E-state index contributed by atoms with van der Waals surface area (Å²) in [4.78, 5) is 0. The van der Waals surface area contributed by atoms with Crippen molar-refractivity contribution in [3.05, 3.63) is 12.7 Å². The monoisotopic (exact) mass is 260 g/mol. The minimum Gasteiger partial charge on any atom is -0.394 e. The molecule has 0 aromatic carbocycles. The van der Waals surface area contributed by atoms with Crippen LogP contribution in [-0.2, 0) is 14.2 Å². The van der Waals surface area contributed by atoms with Gasteiger partial charge in [0.25, 0.3) is 0 Å². The first-order chi connectivity index (χ1) is 8.27. The average molecular weight is 260 g/mol. The summed E-state index contributed by atoms with van der Waals surface area (Å²) >= 11 is 0. The van der Waals surface area contributed by atoms with E-state index in [1.807, 2.05) is 0 Å². The van der Waals surface area contributed by atoms with Crippen LogP contribution in [0.25, 0.3) is 0 Å². The van der Waals surface area contributed by atoms with Crippen LogP contribution in [-0.4, -0.2) is 53.6 Å². The Morgan fingerprint density at radius 3 is 2.56 bits per heavy atom. The number of hydrogen-bond donors (Lipinski definition) is 2. The van der Waals surface area contributed by atoms with E-state index in [9.17, 15) is 10.2 Å². The Hall–Kier alpha value is -0.460. The predicted molar refractivity (Wildman–Crippen MR) is 67.1 cm³/mol. The molecular formula is C13H24O5. The van der Waals surface area contributed by atoms with Gasteiger partial charge in [0.1, 0.15) is 18.3 Å². The van der Waals surface area contributed by atoms with Crippen LogP contribution in [0.15, 0.2) is 12.7 Å². The van der Waals surface area contributed by atoms with Crippen LogP contribution in [0.2, 0.25) is 0 Å². The van der Waals surface area contributed by atoms with Crippen molar-refractivity contribution in [3.63, 3.8) is 0 Å². The van der Waals surface area contributed by atoms with Crippen LogP contribution in [0.3, 0.4) is 0 Å². The van der Waals surface area contributed by atoms with Crippen molar-refractivity contribution in [1.82, 2.24) is 0 Å². The minimum absolute atomic E-state index is 0.182. The summed E-state index contributed by atoms with van der Waals surface area (Å²) in [5.41, 5.74) is -1.13. The first kappa shape index (κ1) is 15.6. The smallest absolute Gasteiger partial charge is 0.164 e. The third-order valence-corrected chi connectivity index (χ3v) is 3.12. The molecule has 5 nitrogen and oxygen atoms in total. The summed E-state index contributed by atoms with van der Waals surface area (Å²) in [5.74, 6) is -0.793. The maximum absolute atomic E-state index is 10.4. The fourth-order valence-corrected chi connectivity index (χ4v) is 2.41. The van der Waals surface area contributed by atoms with Gasteiger partial charge < -0.3 is 24.4 Å². The van der Waals surface area contributed by atoms with Gasteiger partial charge >= 0.3 is 0 Å². The first-order valence-corrected chi connectivity index (χ1v) is 6.10. The van der Waals surface area contributed by atoms with Crippen LogP contribution in [0.4, 0.5) is 0 Å². The molecular weight excluding hydrogens is 236 g/mol. The standard InChI is InChI=1S/C13H24O5/c1-6-7-13(4,15)11(16-5)10-9(8-14)17-12(2,3)18-10/h6,9-11,14-15H,1,7-8H2,2-5H3/t9-,10-,11+,13-/m0/s1. The van der Waals surface area contributed by atoms with Crippen molar-refractivity contribution in [2.45, 2.75) is 56.9 Å². The summed E-state index contributed by atoms with van der Waals surface area (Å²) < 4.78 is 16.7. The van der Waals surface area contributed by atoms with E-state index in [1.165, 1.54) is 7.11 Å². The molecule has 106 valence electrons. The predicted octanol–water partition coefficient (Wildman–Crippen LogP) is 0.841. The van der Waals surface area contributed by atoms with Gasteiger partial charge in [0.05, 0.1) is 12.2 Å². The van der Waals surface area contributed by atoms with Gasteiger partial charge in [-0.05, 0) is 27.2 Å². The van der Waals surface area contributed by atoms with Crippen LogP contribution in [0.5, 0.6) is 0 Å². The lowest BCUT2D eigenvalue weighted by Gasteiger charge is -2.35. The molecule has 1 heterocycles. The zero-order chi connectivity index (χ0) is 14.0. The second-order valence-corrected chi connectivity index (χ2v) is 5.33. The zero-order valence-corrected chi connectivity index (χ0v) is 11.5. The Morgan fingerprint density at radius 1 is 1.50 bits per heavy atom. The number of aliphatic hydroxyl groups excluding tert-OH is 1. The molecule has 0 amide bonds. The van der Waals surface area contributed by atoms with E-state index in [0.29, 0.717) is 6.42 Å². The van der Waals surface area contributed by atoms with Gasteiger partial charge in [-0.3, -0.25) is 0 Å². The quantitative estimate of drug-likeness (QED) is 0.693. The Balaban J connectivity index is 2.90. The van der Waals surface area contributed by atoms with Gasteiger partial charge in [0.2, 0.25) is 0 Å². The van der Waals surface area contributed by atoms with Gasteiger partial charge in [-0.25, -0.2) is 0 Å². The Labute approximate surface area is 108 Å². The molecule has 4 atom stereocenters. The minimum atomic E-state index is -1.13. The van der Waals surface area contributed by atoms with E-state index in [4.69, 9.17) is 14.2 Å². The molecule has 0 radical (unpaired) electrons. The topological polar surface area (TPSA) is 68.2 Å². The summed E-state index contributed by atoms with van der Waals surface area (Å²) in [6.45, 7) is 8.63. The fraction of sp³-hybridized carbons (Fsp3) is 0.846. The fourth-order valence-electron chi connectivity index (χ4n) is 2.41. The van der Waals surface area contributed by atoms with Crippen LogP contribution in [0.1, 0.15) is 27.2 Å². The van der Waals surface area contributed by atoms with Crippen molar-refractivity contribution >= 4 is 0 Å². The maximum atomic E-state index is 10.4. The summed E-state index contributed by atoms with van der Waals surface area (Å²) in [6, 6.07) is 0. The number of rotatable bonds is 6. The van der Waals surface area contributed by atoms with Gasteiger partial charge in [-0.15, -0.1) is 6.58 Å². The molecule has 0 aromatic rings. The van der Waals surface area contributed by atoms with Gasteiger partial charge in [-0.1, -0.05) is 6.08 Å². The Morgan fingerprint density at radius 2 is 2.11 bits per heavy atom. The van der Waals surface area contributed by atoms with Crippen molar-refractivity contribution in [3.8, 4) is 0 Å². The maximum Gasteiger partial charge on any atom is 0.164 e. The lowest BCUT2D eigenvalue weighted by molar-refractivity contribution is -0.180. The molecule has 18 heavy (non-hydrogen) atoms. The van der Waals surface area contributed by atoms with Gasteiger partial charge in [-0.2, -0.15) is 0 Å². The largest absolute Gasteiger partial charge is 0.394 e. The molecule has 5 heteroatoms. The highest BCUT2D eigenvalue weighted by molar-refractivity contribution is 4.98. The molecule has 2 N–H and O–H groups in total. The molecule has 0 spiro atoms. The molecule has 1 rings (SSSR count). The van der Waals surface area contributed by atoms with Crippen molar-refractivity contribution < 1.29 is 24.4 Å². The molecule has 0 unspecified atom stereocenters. The third-order valence-electron chi connectivity index (χ3n) is 3.12. The summed E-state index contributed by atoms with van der Waals surface area (Å²) in [5, 5.41) is 19.8. The van der Waals surface area contributed by atoms with Crippen molar-refractivity contribution in [2.75, 3.05) is 13.7 Å². The van der Waals surface area contributed by atoms with Crippen LogP contribution >= 0.6 is 0 Å². The van der Waals surface area contributed by atoms with Gasteiger partial charge in [0, 0.05) is 7.11 Å². The van der Waals surface area contributed by atoms with E-state index in [2.05, 4.69) is 6.58 Å². The van der Waals surface area contributed by atoms with E-state index < -0.39 is 29.7 Å². The molecule has 1 saturated heterocycles. The second-order valence-electron chi connectivity index (χ2n) is 5.33. The molecule has 0 aromatic heterocycles. The highest BCUT2D eigenvalue weighted by atomic mass is 16.8. The Bertz CT molecular complexity index is 287. The van der Waals surface area contributed by atoms with E-state index in [1.54, 1.807) is 26.8 Å². The van der Waals surface area contributed by atoms with Crippen molar-refractivity contribution in [2.24, 2.45) is 0 Å². The normalized spacial score (nSPS) is 31.9. The molecule has 1 aliphatic heterocycles. The number of methoxy groups -OCH3 is 1. The van der Waals surface area contributed by atoms with Crippen molar-refractivity contribution in [1.29, 1.82) is 0 Å². The third kappa shape index (κ3) is 3.30. The lowest BCUT2D eigenvalue weighted by Crippen LogP contribution is -2.52. The van der Waals surface area contributed by atoms with Crippen LogP contribution in [0, 0.1) is 0 Å². The van der Waals surface area contributed by atoms with Gasteiger partial charge in [0.15, 0.2) is 5.79 Å². The van der Waals surface area contributed by atoms with E-state index in [-0.39, 0.29) is 6.61 Å². The summed E-state index contributed by atoms with van der Waals surface area (Å²) in [6.07, 6.45) is 0.353. The molecule has 1 fully saturated rings. The number of aliphatic hydroxyl groups is 2. The molecule has 1 aliphatic rings. The SMILES string of the molecule is C=CC[C@](C)(O)[C@H](OC)[C@H]1OC(C)(C)O[C@H]1CO. The average Bonchev–Trinajstić information content (AvgIpc) is 2.54. The molecule has 0 saturated carbocycles. The molecule has 0 aliphatic carbocycles. The summed E-state index contributed by atoms with van der Waals surface area (Å²) in [7, 11) is 1.51. The first-order valence-electron chi connectivity index (χ1n) is 6.10. The molecule has 0 bridgehead atoms. The van der Waals surface area contributed by atoms with E-state index in [0.717, 1.165) is 0 Å². The lowest BCUT2D eigenvalue weighted by atomic mass is 9.89. The van der Waals surface area contributed by atoms with Crippen LogP contribution < -0.4 is 0 Å².